The Balaban J connectivity index is 2.80. The molecule has 0 aromatic heterocycles. The number of nitrogens with one attached hydrogen (secondary N) is 1. The second-order valence-electron chi connectivity index (χ2n) is 4.02. The molecule has 0 fully saturated rings. The third-order valence-electron chi connectivity index (χ3n) is 2.63. The van der Waals surface area contributed by atoms with E-state index >= 15 is 0 Å². The molecule has 0 spiro atoms. The van der Waals surface area contributed by atoms with Crippen molar-refractivity contribution in [1.82, 2.24) is 5.32 Å². The lowest BCUT2D eigenvalue weighted by atomic mass is 10.1. The minimum absolute atomic E-state index is 0.273. The van der Waals surface area contributed by atoms with E-state index in [0.717, 1.165) is 0 Å². The highest BCUT2D eigenvalue weighted by Crippen LogP contribution is 2.27. The first-order valence-corrected chi connectivity index (χ1v) is 6.23. The lowest BCUT2D eigenvalue weighted by molar-refractivity contribution is -0.144. The van der Waals surface area contributed by atoms with Crippen LogP contribution >= 0.6 is 0 Å². The van der Waals surface area contributed by atoms with Gasteiger partial charge in [-0.3, -0.25) is 4.79 Å². The van der Waals surface area contributed by atoms with Crippen LogP contribution in [0.2, 0.25) is 0 Å². The van der Waals surface area contributed by atoms with Crippen molar-refractivity contribution < 1.29 is 23.8 Å². The second kappa shape index (κ2) is 7.37. The van der Waals surface area contributed by atoms with E-state index in [-0.39, 0.29) is 12.5 Å². The smallest absolute Gasteiger partial charge is 0.328 e. The summed E-state index contributed by atoms with van der Waals surface area (Å²) in [4.78, 5) is 23.5. The van der Waals surface area contributed by atoms with Crippen molar-refractivity contribution in [2.75, 3.05) is 20.8 Å². The Labute approximate surface area is 118 Å². The number of hydrogen-bond acceptors (Lipinski definition) is 5. The molecule has 0 heterocycles. The SMILES string of the molecule is CCOC(=O)C(C)NC(=O)c1ccc(OC)c(OC)c1. The number of carbonyl (C=O) groups excluding carboxylic acids is 2. The lowest BCUT2D eigenvalue weighted by Gasteiger charge is -2.13. The van der Waals surface area contributed by atoms with Gasteiger partial charge in [0.1, 0.15) is 6.04 Å². The van der Waals surface area contributed by atoms with E-state index in [1.54, 1.807) is 32.0 Å². The lowest BCUT2D eigenvalue weighted by Crippen LogP contribution is -2.39. The van der Waals surface area contributed by atoms with Crippen molar-refractivity contribution >= 4 is 11.9 Å². The van der Waals surface area contributed by atoms with Gasteiger partial charge in [0.25, 0.3) is 5.91 Å². The molecule has 20 heavy (non-hydrogen) atoms. The molecule has 6 heteroatoms. The van der Waals surface area contributed by atoms with Gasteiger partial charge in [-0.15, -0.1) is 0 Å². The van der Waals surface area contributed by atoms with E-state index in [2.05, 4.69) is 5.32 Å². The van der Waals surface area contributed by atoms with Gasteiger partial charge in [0.05, 0.1) is 20.8 Å². The molecular weight excluding hydrogens is 262 g/mol. The molecule has 0 aliphatic heterocycles. The summed E-state index contributed by atoms with van der Waals surface area (Å²) in [5, 5.41) is 2.56. The average molecular weight is 281 g/mol. The van der Waals surface area contributed by atoms with Gasteiger partial charge in [0.2, 0.25) is 0 Å². The Bertz CT molecular complexity index is 486. The molecule has 1 atom stereocenters. The Kier molecular flexibility index (Phi) is 5.83. The van der Waals surface area contributed by atoms with Gasteiger partial charge < -0.3 is 19.5 Å². The summed E-state index contributed by atoms with van der Waals surface area (Å²) in [6.45, 7) is 3.55. The Morgan fingerprint density at radius 1 is 1.20 bits per heavy atom. The molecule has 1 rings (SSSR count). The Hall–Kier alpha value is -2.24. The van der Waals surface area contributed by atoms with Crippen LogP contribution in [0.5, 0.6) is 11.5 Å². The molecule has 1 amide bonds. The molecule has 0 bridgehead atoms. The van der Waals surface area contributed by atoms with Gasteiger partial charge in [0.15, 0.2) is 11.5 Å². The molecule has 0 aliphatic carbocycles. The summed E-state index contributed by atoms with van der Waals surface area (Å²) >= 11 is 0. The first kappa shape index (κ1) is 15.8. The van der Waals surface area contributed by atoms with Gasteiger partial charge in [-0.2, -0.15) is 0 Å². The number of benzene rings is 1. The fourth-order valence-electron chi connectivity index (χ4n) is 1.58. The zero-order chi connectivity index (χ0) is 15.1. The minimum Gasteiger partial charge on any atom is -0.493 e. The number of carbonyl (C=O) groups is 2. The predicted octanol–water partition coefficient (Wildman–Crippen LogP) is 1.39. The summed E-state index contributed by atoms with van der Waals surface area (Å²) in [5.41, 5.74) is 0.374. The topological polar surface area (TPSA) is 73.9 Å². The first-order chi connectivity index (χ1) is 9.53. The number of methoxy groups -OCH3 is 2. The van der Waals surface area contributed by atoms with Crippen molar-refractivity contribution in [2.24, 2.45) is 0 Å². The molecule has 110 valence electrons. The van der Waals surface area contributed by atoms with Crippen LogP contribution in [0.15, 0.2) is 18.2 Å². The van der Waals surface area contributed by atoms with E-state index in [1.807, 2.05) is 0 Å². The van der Waals surface area contributed by atoms with Crippen LogP contribution in [0.1, 0.15) is 24.2 Å². The fourth-order valence-corrected chi connectivity index (χ4v) is 1.58. The van der Waals surface area contributed by atoms with Crippen molar-refractivity contribution in [2.45, 2.75) is 19.9 Å². The fraction of sp³-hybridized carbons (Fsp3) is 0.429. The van der Waals surface area contributed by atoms with E-state index < -0.39 is 12.0 Å². The number of amides is 1. The van der Waals surface area contributed by atoms with Crippen LogP contribution < -0.4 is 14.8 Å². The largest absolute Gasteiger partial charge is 0.493 e. The van der Waals surface area contributed by atoms with Gasteiger partial charge in [-0.05, 0) is 32.0 Å². The quantitative estimate of drug-likeness (QED) is 0.797. The highest BCUT2D eigenvalue weighted by Gasteiger charge is 2.18. The second-order valence-corrected chi connectivity index (χ2v) is 4.02. The monoisotopic (exact) mass is 281 g/mol. The number of rotatable bonds is 6. The average Bonchev–Trinajstić information content (AvgIpc) is 2.46. The zero-order valence-electron chi connectivity index (χ0n) is 12.1. The molecule has 0 saturated carbocycles. The highest BCUT2D eigenvalue weighted by molar-refractivity contribution is 5.97. The molecule has 1 aromatic rings. The van der Waals surface area contributed by atoms with Crippen molar-refractivity contribution in [3.05, 3.63) is 23.8 Å². The third-order valence-corrected chi connectivity index (χ3v) is 2.63. The number of esters is 1. The molecule has 1 aromatic carbocycles. The summed E-state index contributed by atoms with van der Waals surface area (Å²) < 4.78 is 15.0. The van der Waals surface area contributed by atoms with Gasteiger partial charge in [0, 0.05) is 5.56 Å². The van der Waals surface area contributed by atoms with Gasteiger partial charge in [-0.25, -0.2) is 4.79 Å². The van der Waals surface area contributed by atoms with Crippen LogP contribution in [-0.2, 0) is 9.53 Å². The summed E-state index contributed by atoms with van der Waals surface area (Å²) in [7, 11) is 3.00. The van der Waals surface area contributed by atoms with E-state index in [4.69, 9.17) is 14.2 Å². The molecule has 1 N–H and O–H groups in total. The molecule has 6 nitrogen and oxygen atoms in total. The Morgan fingerprint density at radius 3 is 2.40 bits per heavy atom. The molecule has 1 unspecified atom stereocenters. The third kappa shape index (κ3) is 3.88. The first-order valence-electron chi connectivity index (χ1n) is 6.23. The van der Waals surface area contributed by atoms with Crippen molar-refractivity contribution in [3.63, 3.8) is 0 Å². The van der Waals surface area contributed by atoms with Crippen molar-refractivity contribution in [3.8, 4) is 11.5 Å². The van der Waals surface area contributed by atoms with E-state index in [0.29, 0.717) is 17.1 Å². The van der Waals surface area contributed by atoms with Crippen LogP contribution in [0, 0.1) is 0 Å². The number of hydrogen-bond donors (Lipinski definition) is 1. The molecule has 0 aliphatic rings. The Morgan fingerprint density at radius 2 is 1.85 bits per heavy atom. The minimum atomic E-state index is -0.712. The predicted molar refractivity (Wildman–Crippen MR) is 73.1 cm³/mol. The maximum Gasteiger partial charge on any atom is 0.328 e. The van der Waals surface area contributed by atoms with Crippen LogP contribution in [0.3, 0.4) is 0 Å². The molecular formula is C14H19NO5. The molecule has 0 radical (unpaired) electrons. The number of ether oxygens (including phenoxy) is 3. The normalized spacial score (nSPS) is 11.4. The summed E-state index contributed by atoms with van der Waals surface area (Å²) in [6, 6.07) is 4.05. The van der Waals surface area contributed by atoms with Crippen LogP contribution in [0.25, 0.3) is 0 Å². The summed E-state index contributed by atoms with van der Waals surface area (Å²) in [6.07, 6.45) is 0. The van der Waals surface area contributed by atoms with Crippen LogP contribution in [-0.4, -0.2) is 38.7 Å². The van der Waals surface area contributed by atoms with E-state index in [9.17, 15) is 9.59 Å². The standard InChI is InChI=1S/C14H19NO5/c1-5-20-14(17)9(2)15-13(16)10-6-7-11(18-3)12(8-10)19-4/h6-9H,5H2,1-4H3,(H,15,16). The zero-order valence-corrected chi connectivity index (χ0v) is 12.1. The van der Waals surface area contributed by atoms with Gasteiger partial charge in [-0.1, -0.05) is 0 Å². The van der Waals surface area contributed by atoms with Crippen molar-refractivity contribution in [1.29, 1.82) is 0 Å². The highest BCUT2D eigenvalue weighted by atomic mass is 16.5. The maximum atomic E-state index is 12.0. The summed E-state index contributed by atoms with van der Waals surface area (Å²) in [5.74, 6) is 0.124. The van der Waals surface area contributed by atoms with Crippen LogP contribution in [0.4, 0.5) is 0 Å². The maximum absolute atomic E-state index is 12.0. The van der Waals surface area contributed by atoms with Gasteiger partial charge >= 0.3 is 5.97 Å². The molecule has 0 saturated heterocycles. The van der Waals surface area contributed by atoms with E-state index in [1.165, 1.54) is 14.2 Å².